The lowest BCUT2D eigenvalue weighted by molar-refractivity contribution is 0.102. The average molecular weight is 312 g/mol. The highest BCUT2D eigenvalue weighted by molar-refractivity contribution is 6.04. The van der Waals surface area contributed by atoms with Crippen LogP contribution in [0.3, 0.4) is 0 Å². The van der Waals surface area contributed by atoms with Gasteiger partial charge in [-0.1, -0.05) is 12.1 Å². The molecule has 0 aromatic heterocycles. The summed E-state index contributed by atoms with van der Waals surface area (Å²) in [5.41, 5.74) is 1.90. The summed E-state index contributed by atoms with van der Waals surface area (Å²) in [7, 11) is 0. The number of carbonyl (C=O) groups excluding carboxylic acids is 1. The zero-order valence-electron chi connectivity index (χ0n) is 13.3. The van der Waals surface area contributed by atoms with E-state index in [1.54, 1.807) is 12.1 Å². The number of nitrogens with zero attached hydrogens (tertiary/aromatic N) is 1. The number of nitrogens with one attached hydrogen (secondary N) is 1. The van der Waals surface area contributed by atoms with E-state index in [-0.39, 0.29) is 5.56 Å². The molecule has 4 heteroatoms. The number of benzene rings is 2. The summed E-state index contributed by atoms with van der Waals surface area (Å²) in [6, 6.07) is 14.3. The molecule has 0 saturated carbocycles. The first-order valence-corrected chi connectivity index (χ1v) is 8.08. The molecule has 0 aliphatic carbocycles. The number of piperidine rings is 1. The molecule has 0 bridgehead atoms. The van der Waals surface area contributed by atoms with Gasteiger partial charge in [-0.25, -0.2) is 4.39 Å². The summed E-state index contributed by atoms with van der Waals surface area (Å²) >= 11 is 0. The van der Waals surface area contributed by atoms with E-state index in [0.29, 0.717) is 11.7 Å². The zero-order chi connectivity index (χ0) is 16.2. The SMILES string of the molecule is C[C@@H]1CCCCN1c1ccc(NC(=O)c2ccccc2F)cc1. The third-order valence-electron chi connectivity index (χ3n) is 4.38. The van der Waals surface area contributed by atoms with Crippen LogP contribution in [0, 0.1) is 5.82 Å². The van der Waals surface area contributed by atoms with Crippen molar-refractivity contribution >= 4 is 17.3 Å². The van der Waals surface area contributed by atoms with Crippen LogP contribution in [0.2, 0.25) is 0 Å². The maximum Gasteiger partial charge on any atom is 0.258 e. The molecular formula is C19H21FN2O. The molecule has 2 aromatic rings. The molecule has 1 aliphatic heterocycles. The van der Waals surface area contributed by atoms with E-state index >= 15 is 0 Å². The molecule has 2 aromatic carbocycles. The first-order chi connectivity index (χ1) is 11.1. The van der Waals surface area contributed by atoms with E-state index in [1.165, 1.54) is 37.1 Å². The van der Waals surface area contributed by atoms with E-state index in [0.717, 1.165) is 6.54 Å². The fourth-order valence-corrected chi connectivity index (χ4v) is 3.06. The van der Waals surface area contributed by atoms with Crippen molar-refractivity contribution in [2.45, 2.75) is 32.2 Å². The van der Waals surface area contributed by atoms with Crippen molar-refractivity contribution in [1.82, 2.24) is 0 Å². The highest BCUT2D eigenvalue weighted by Gasteiger charge is 2.18. The normalized spacial score (nSPS) is 17.8. The second-order valence-corrected chi connectivity index (χ2v) is 6.02. The summed E-state index contributed by atoms with van der Waals surface area (Å²) in [4.78, 5) is 14.5. The average Bonchev–Trinajstić information content (AvgIpc) is 2.56. The minimum atomic E-state index is -0.510. The number of amides is 1. The molecule has 120 valence electrons. The summed E-state index contributed by atoms with van der Waals surface area (Å²) in [5, 5.41) is 2.74. The Balaban J connectivity index is 1.70. The quantitative estimate of drug-likeness (QED) is 0.907. The second kappa shape index (κ2) is 6.82. The van der Waals surface area contributed by atoms with E-state index in [2.05, 4.69) is 17.1 Å². The molecule has 1 saturated heterocycles. The van der Waals surface area contributed by atoms with Crippen LogP contribution in [0.15, 0.2) is 48.5 Å². The first kappa shape index (κ1) is 15.5. The van der Waals surface area contributed by atoms with Crippen LogP contribution >= 0.6 is 0 Å². The van der Waals surface area contributed by atoms with Gasteiger partial charge >= 0.3 is 0 Å². The van der Waals surface area contributed by atoms with Crippen LogP contribution in [0.4, 0.5) is 15.8 Å². The van der Waals surface area contributed by atoms with Crippen LogP contribution in [-0.4, -0.2) is 18.5 Å². The number of hydrogen-bond donors (Lipinski definition) is 1. The van der Waals surface area contributed by atoms with Gasteiger partial charge in [0.2, 0.25) is 0 Å². The van der Waals surface area contributed by atoms with Gasteiger partial charge in [-0.3, -0.25) is 4.79 Å². The van der Waals surface area contributed by atoms with Crippen LogP contribution < -0.4 is 10.2 Å². The molecule has 23 heavy (non-hydrogen) atoms. The molecule has 0 radical (unpaired) electrons. The van der Waals surface area contributed by atoms with E-state index < -0.39 is 11.7 Å². The molecule has 1 fully saturated rings. The standard InChI is InChI=1S/C19H21FN2O/c1-14-6-4-5-13-22(14)16-11-9-15(10-12-16)21-19(23)17-7-2-3-8-18(17)20/h2-3,7-12,14H,4-6,13H2,1H3,(H,21,23)/t14-/m1/s1. The fourth-order valence-electron chi connectivity index (χ4n) is 3.06. The first-order valence-electron chi connectivity index (χ1n) is 8.08. The van der Waals surface area contributed by atoms with Gasteiger partial charge < -0.3 is 10.2 Å². The molecule has 0 unspecified atom stereocenters. The van der Waals surface area contributed by atoms with Crippen molar-refractivity contribution in [3.8, 4) is 0 Å². The van der Waals surface area contributed by atoms with Gasteiger partial charge in [0, 0.05) is 24.0 Å². The highest BCUT2D eigenvalue weighted by atomic mass is 19.1. The lowest BCUT2D eigenvalue weighted by Crippen LogP contribution is -2.37. The Morgan fingerprint density at radius 3 is 2.57 bits per heavy atom. The molecule has 1 atom stereocenters. The molecule has 1 amide bonds. The van der Waals surface area contributed by atoms with Crippen LogP contribution in [-0.2, 0) is 0 Å². The topological polar surface area (TPSA) is 32.3 Å². The second-order valence-electron chi connectivity index (χ2n) is 6.02. The third-order valence-corrected chi connectivity index (χ3v) is 4.38. The summed E-state index contributed by atoms with van der Waals surface area (Å²) in [6.45, 7) is 3.31. The zero-order valence-corrected chi connectivity index (χ0v) is 13.3. The van der Waals surface area contributed by atoms with Crippen LogP contribution in [0.1, 0.15) is 36.5 Å². The van der Waals surface area contributed by atoms with Gasteiger partial charge in [0.25, 0.3) is 5.91 Å². The van der Waals surface area contributed by atoms with Crippen LogP contribution in [0.25, 0.3) is 0 Å². The number of carbonyl (C=O) groups is 1. The van der Waals surface area contributed by atoms with Gasteiger partial charge in [-0.05, 0) is 62.6 Å². The van der Waals surface area contributed by atoms with Gasteiger partial charge in [0.1, 0.15) is 5.82 Å². The number of rotatable bonds is 3. The lowest BCUT2D eigenvalue weighted by Gasteiger charge is -2.35. The minimum Gasteiger partial charge on any atom is -0.369 e. The van der Waals surface area contributed by atoms with Crippen molar-refractivity contribution < 1.29 is 9.18 Å². The Labute approximate surface area is 136 Å². The predicted molar refractivity (Wildman–Crippen MR) is 91.5 cm³/mol. The summed E-state index contributed by atoms with van der Waals surface area (Å²) < 4.78 is 13.6. The van der Waals surface area contributed by atoms with Gasteiger partial charge in [-0.2, -0.15) is 0 Å². The number of halogens is 1. The van der Waals surface area contributed by atoms with Gasteiger partial charge in [0.15, 0.2) is 0 Å². The molecular weight excluding hydrogens is 291 g/mol. The Morgan fingerprint density at radius 1 is 1.13 bits per heavy atom. The van der Waals surface area contributed by atoms with E-state index in [9.17, 15) is 9.18 Å². The maximum absolute atomic E-state index is 13.6. The number of anilines is 2. The monoisotopic (exact) mass is 312 g/mol. The summed E-state index contributed by atoms with van der Waals surface area (Å²) in [5.74, 6) is -0.939. The molecule has 3 nitrogen and oxygen atoms in total. The molecule has 0 spiro atoms. The molecule has 1 aliphatic rings. The Hall–Kier alpha value is -2.36. The van der Waals surface area contributed by atoms with Gasteiger partial charge in [-0.15, -0.1) is 0 Å². The number of hydrogen-bond acceptors (Lipinski definition) is 2. The minimum absolute atomic E-state index is 0.0567. The van der Waals surface area contributed by atoms with Crippen molar-refractivity contribution in [3.63, 3.8) is 0 Å². The molecule has 1 heterocycles. The van der Waals surface area contributed by atoms with E-state index in [4.69, 9.17) is 0 Å². The molecule has 1 N–H and O–H groups in total. The lowest BCUT2D eigenvalue weighted by atomic mass is 10.0. The van der Waals surface area contributed by atoms with Gasteiger partial charge in [0.05, 0.1) is 5.56 Å². The fraction of sp³-hybridized carbons (Fsp3) is 0.316. The van der Waals surface area contributed by atoms with Crippen molar-refractivity contribution in [2.24, 2.45) is 0 Å². The Bertz CT molecular complexity index is 684. The smallest absolute Gasteiger partial charge is 0.258 e. The Kier molecular flexibility index (Phi) is 4.60. The molecule has 3 rings (SSSR count). The van der Waals surface area contributed by atoms with E-state index in [1.807, 2.05) is 24.3 Å². The third kappa shape index (κ3) is 3.52. The van der Waals surface area contributed by atoms with Crippen molar-refractivity contribution in [2.75, 3.05) is 16.8 Å². The summed E-state index contributed by atoms with van der Waals surface area (Å²) in [6.07, 6.45) is 3.72. The highest BCUT2D eigenvalue weighted by Crippen LogP contribution is 2.26. The van der Waals surface area contributed by atoms with Crippen molar-refractivity contribution in [3.05, 3.63) is 59.9 Å². The Morgan fingerprint density at radius 2 is 1.87 bits per heavy atom. The van der Waals surface area contributed by atoms with Crippen molar-refractivity contribution in [1.29, 1.82) is 0 Å². The predicted octanol–water partition coefficient (Wildman–Crippen LogP) is 4.46. The largest absolute Gasteiger partial charge is 0.369 e. The van der Waals surface area contributed by atoms with Crippen LogP contribution in [0.5, 0.6) is 0 Å². The maximum atomic E-state index is 13.6.